The maximum atomic E-state index is 12.1. The summed E-state index contributed by atoms with van der Waals surface area (Å²) in [6.45, 7) is 2.69. The average Bonchev–Trinajstić information content (AvgIpc) is 2.67. The minimum Gasteiger partial charge on any atom is -0.493 e. The molecule has 2 aromatic rings. The van der Waals surface area contributed by atoms with Gasteiger partial charge in [0.1, 0.15) is 17.8 Å². The van der Waals surface area contributed by atoms with Gasteiger partial charge in [-0.15, -0.1) is 0 Å². The topological polar surface area (TPSA) is 94.6 Å². The number of unbranched alkanes of at least 4 members (excludes halogenated alkanes) is 1. The van der Waals surface area contributed by atoms with Crippen LogP contribution in [0.1, 0.15) is 30.3 Å². The number of amides is 1. The second kappa shape index (κ2) is 9.45. The van der Waals surface area contributed by atoms with Gasteiger partial charge < -0.3 is 24.8 Å². The molecule has 0 radical (unpaired) electrons. The molecule has 1 aromatic heterocycles. The van der Waals surface area contributed by atoms with E-state index in [1.165, 1.54) is 6.33 Å². The quantitative estimate of drug-likeness (QED) is 0.664. The number of nitrogens with one attached hydrogen (secondary N) is 2. The zero-order valence-corrected chi connectivity index (χ0v) is 15.5. The van der Waals surface area contributed by atoms with E-state index in [4.69, 9.17) is 14.2 Å². The van der Waals surface area contributed by atoms with Gasteiger partial charge in [-0.05, 0) is 6.42 Å². The highest BCUT2D eigenvalue weighted by molar-refractivity contribution is 5.93. The van der Waals surface area contributed by atoms with E-state index >= 15 is 0 Å². The van der Waals surface area contributed by atoms with Gasteiger partial charge >= 0.3 is 0 Å². The zero-order chi connectivity index (χ0) is 18.9. The van der Waals surface area contributed by atoms with E-state index in [9.17, 15) is 4.79 Å². The van der Waals surface area contributed by atoms with Crippen molar-refractivity contribution in [3.63, 3.8) is 0 Å². The summed E-state index contributed by atoms with van der Waals surface area (Å²) in [5, 5.41) is 5.95. The normalized spacial score (nSPS) is 10.2. The molecule has 0 aliphatic rings. The van der Waals surface area contributed by atoms with Crippen molar-refractivity contribution >= 4 is 17.4 Å². The summed E-state index contributed by atoms with van der Waals surface area (Å²) in [7, 11) is 4.64. The third kappa shape index (κ3) is 4.75. The Balaban J connectivity index is 2.21. The molecule has 2 rings (SSSR count). The molecule has 0 spiro atoms. The number of ether oxygens (including phenoxy) is 3. The van der Waals surface area contributed by atoms with Crippen LogP contribution in [0.2, 0.25) is 0 Å². The lowest BCUT2D eigenvalue weighted by molar-refractivity contribution is 0.0948. The summed E-state index contributed by atoms with van der Waals surface area (Å²) in [5.74, 6) is 1.78. The molecule has 140 valence electrons. The first kappa shape index (κ1) is 19.3. The Hall–Kier alpha value is -3.03. The third-order valence-electron chi connectivity index (χ3n) is 3.65. The molecule has 8 nitrogen and oxygen atoms in total. The zero-order valence-electron chi connectivity index (χ0n) is 15.5. The Bertz CT molecular complexity index is 727. The van der Waals surface area contributed by atoms with Crippen LogP contribution in [0.25, 0.3) is 0 Å². The van der Waals surface area contributed by atoms with E-state index in [0.717, 1.165) is 12.8 Å². The summed E-state index contributed by atoms with van der Waals surface area (Å²) in [6.07, 6.45) is 3.28. The van der Waals surface area contributed by atoms with Gasteiger partial charge in [-0.2, -0.15) is 0 Å². The Labute approximate surface area is 152 Å². The smallest absolute Gasteiger partial charge is 0.270 e. The van der Waals surface area contributed by atoms with Crippen molar-refractivity contribution in [3.05, 3.63) is 30.2 Å². The number of hydrogen-bond donors (Lipinski definition) is 2. The van der Waals surface area contributed by atoms with Crippen molar-refractivity contribution in [2.75, 3.05) is 33.2 Å². The highest BCUT2D eigenvalue weighted by Crippen LogP contribution is 2.40. The Morgan fingerprint density at radius 1 is 1.04 bits per heavy atom. The van der Waals surface area contributed by atoms with Crippen molar-refractivity contribution in [2.45, 2.75) is 19.8 Å². The van der Waals surface area contributed by atoms with Crippen molar-refractivity contribution < 1.29 is 19.0 Å². The van der Waals surface area contributed by atoms with Crippen LogP contribution in [-0.2, 0) is 0 Å². The third-order valence-corrected chi connectivity index (χ3v) is 3.65. The minimum absolute atomic E-state index is 0.228. The Morgan fingerprint density at radius 3 is 2.31 bits per heavy atom. The summed E-state index contributed by atoms with van der Waals surface area (Å²) in [5.41, 5.74) is 0.974. The van der Waals surface area contributed by atoms with Crippen LogP contribution in [0, 0.1) is 0 Å². The van der Waals surface area contributed by atoms with Crippen molar-refractivity contribution in [3.8, 4) is 17.2 Å². The molecule has 8 heteroatoms. The molecule has 0 unspecified atom stereocenters. The maximum Gasteiger partial charge on any atom is 0.270 e. The lowest BCUT2D eigenvalue weighted by atomic mass is 10.2. The van der Waals surface area contributed by atoms with Gasteiger partial charge in [0.25, 0.3) is 5.91 Å². The molecule has 0 aliphatic heterocycles. The van der Waals surface area contributed by atoms with Crippen LogP contribution < -0.4 is 24.8 Å². The first-order valence-electron chi connectivity index (χ1n) is 8.30. The number of methoxy groups -OCH3 is 3. The predicted molar refractivity (Wildman–Crippen MR) is 98.7 cm³/mol. The molecule has 0 saturated heterocycles. The lowest BCUT2D eigenvalue weighted by Gasteiger charge is -2.15. The molecule has 0 atom stereocenters. The molecule has 1 heterocycles. The van der Waals surface area contributed by atoms with E-state index in [-0.39, 0.29) is 5.91 Å². The molecule has 0 aliphatic carbocycles. The largest absolute Gasteiger partial charge is 0.493 e. The summed E-state index contributed by atoms with van der Waals surface area (Å²) < 4.78 is 16.0. The summed E-state index contributed by atoms with van der Waals surface area (Å²) >= 11 is 0. The van der Waals surface area contributed by atoms with Crippen LogP contribution >= 0.6 is 0 Å². The van der Waals surface area contributed by atoms with E-state index in [1.807, 2.05) is 0 Å². The minimum atomic E-state index is -0.228. The predicted octanol–water partition coefficient (Wildman–Crippen LogP) is 2.78. The number of carbonyl (C=O) groups excluding carboxylic acids is 1. The van der Waals surface area contributed by atoms with Gasteiger partial charge in [0.15, 0.2) is 11.5 Å². The van der Waals surface area contributed by atoms with Gasteiger partial charge in [0.2, 0.25) is 5.75 Å². The summed E-state index contributed by atoms with van der Waals surface area (Å²) in [4.78, 5) is 20.3. The van der Waals surface area contributed by atoms with Crippen molar-refractivity contribution in [2.24, 2.45) is 0 Å². The van der Waals surface area contributed by atoms with E-state index < -0.39 is 0 Å². The van der Waals surface area contributed by atoms with Gasteiger partial charge in [0.05, 0.1) is 21.3 Å². The van der Waals surface area contributed by atoms with Gasteiger partial charge in [-0.1, -0.05) is 13.3 Å². The van der Waals surface area contributed by atoms with E-state index in [2.05, 4.69) is 27.5 Å². The van der Waals surface area contributed by atoms with E-state index in [0.29, 0.717) is 41.0 Å². The number of carbonyl (C=O) groups is 1. The maximum absolute atomic E-state index is 12.1. The highest BCUT2D eigenvalue weighted by atomic mass is 16.5. The summed E-state index contributed by atoms with van der Waals surface area (Å²) in [6, 6.07) is 5.10. The molecule has 26 heavy (non-hydrogen) atoms. The number of nitrogens with zero attached hydrogens (tertiary/aromatic N) is 2. The van der Waals surface area contributed by atoms with Crippen molar-refractivity contribution in [1.29, 1.82) is 0 Å². The van der Waals surface area contributed by atoms with E-state index in [1.54, 1.807) is 39.5 Å². The molecule has 1 amide bonds. The second-order valence-corrected chi connectivity index (χ2v) is 5.44. The molecular weight excluding hydrogens is 336 g/mol. The van der Waals surface area contributed by atoms with Crippen molar-refractivity contribution in [1.82, 2.24) is 15.3 Å². The SMILES string of the molecule is CCCCNC(=O)c1cc(Nc2cc(OC)c(OC)c(OC)c2)ncn1. The van der Waals surface area contributed by atoms with Gasteiger partial charge in [-0.25, -0.2) is 9.97 Å². The fourth-order valence-electron chi connectivity index (χ4n) is 2.32. The monoisotopic (exact) mass is 360 g/mol. The average molecular weight is 360 g/mol. The molecular formula is C18H24N4O4. The molecule has 1 aromatic carbocycles. The first-order valence-corrected chi connectivity index (χ1v) is 8.30. The number of benzene rings is 1. The van der Waals surface area contributed by atoms with Gasteiger partial charge in [0, 0.05) is 30.4 Å². The molecule has 0 fully saturated rings. The van der Waals surface area contributed by atoms with Crippen LogP contribution in [0.15, 0.2) is 24.5 Å². The van der Waals surface area contributed by atoms with Gasteiger partial charge in [-0.3, -0.25) is 4.79 Å². The Morgan fingerprint density at radius 2 is 1.73 bits per heavy atom. The molecule has 0 bridgehead atoms. The van der Waals surface area contributed by atoms with Crippen LogP contribution in [-0.4, -0.2) is 43.7 Å². The molecule has 0 saturated carbocycles. The van der Waals surface area contributed by atoms with Crippen LogP contribution in [0.5, 0.6) is 17.2 Å². The highest BCUT2D eigenvalue weighted by Gasteiger charge is 2.14. The fourth-order valence-corrected chi connectivity index (χ4v) is 2.32. The van der Waals surface area contributed by atoms with Crippen LogP contribution in [0.4, 0.5) is 11.5 Å². The number of anilines is 2. The lowest BCUT2D eigenvalue weighted by Crippen LogP contribution is -2.25. The van der Waals surface area contributed by atoms with Crippen LogP contribution in [0.3, 0.4) is 0 Å². The standard InChI is InChI=1S/C18H24N4O4/c1-5-6-7-19-18(23)13-10-16(21-11-20-13)22-12-8-14(24-2)17(26-4)15(9-12)25-3/h8-11H,5-7H2,1-4H3,(H,19,23)(H,20,21,22). The number of rotatable bonds is 9. The molecule has 2 N–H and O–H groups in total. The second-order valence-electron chi connectivity index (χ2n) is 5.44. The fraction of sp³-hybridized carbons (Fsp3) is 0.389. The first-order chi connectivity index (χ1) is 12.6. The number of aromatic nitrogens is 2. The number of hydrogen-bond acceptors (Lipinski definition) is 7. The Kier molecular flexibility index (Phi) is 7.02.